The molecule has 124 valence electrons. The predicted octanol–water partition coefficient (Wildman–Crippen LogP) is 3.81. The summed E-state index contributed by atoms with van der Waals surface area (Å²) in [6.07, 6.45) is 0. The van der Waals surface area contributed by atoms with Crippen LogP contribution in [0.4, 0.5) is 5.13 Å². The molecule has 2 heterocycles. The summed E-state index contributed by atoms with van der Waals surface area (Å²) in [6.45, 7) is 1.94. The number of hydrogen-bond acceptors (Lipinski definition) is 5. The first-order chi connectivity index (χ1) is 12.1. The molecule has 0 aliphatic carbocycles. The van der Waals surface area contributed by atoms with Crippen LogP contribution in [0.1, 0.15) is 15.9 Å². The second-order valence-corrected chi connectivity index (χ2v) is 6.45. The number of anilines is 1. The van der Waals surface area contributed by atoms with E-state index in [2.05, 4.69) is 15.3 Å². The van der Waals surface area contributed by atoms with Crippen LogP contribution >= 0.6 is 11.3 Å². The first kappa shape index (κ1) is 15.3. The highest BCUT2D eigenvalue weighted by molar-refractivity contribution is 7.14. The number of nitrogens with zero attached hydrogens (tertiary/aromatic N) is 1. The van der Waals surface area contributed by atoms with Crippen molar-refractivity contribution in [3.05, 3.63) is 69.5 Å². The van der Waals surface area contributed by atoms with Gasteiger partial charge in [0, 0.05) is 16.5 Å². The Morgan fingerprint density at radius 1 is 1.24 bits per heavy atom. The molecule has 4 rings (SSSR count). The van der Waals surface area contributed by atoms with E-state index in [0.717, 1.165) is 11.1 Å². The Morgan fingerprint density at radius 3 is 2.96 bits per heavy atom. The summed E-state index contributed by atoms with van der Waals surface area (Å²) in [5.41, 5.74) is 4.27. The molecule has 0 aliphatic heterocycles. The number of benzene rings is 2. The van der Waals surface area contributed by atoms with Crippen LogP contribution in [0.25, 0.3) is 22.4 Å². The van der Waals surface area contributed by atoms with Crippen molar-refractivity contribution in [2.45, 2.75) is 6.92 Å². The Kier molecular flexibility index (Phi) is 3.70. The number of carbonyl (C=O) groups excluding carboxylic acids is 1. The molecule has 4 aromatic rings. The van der Waals surface area contributed by atoms with Gasteiger partial charge in [-0.3, -0.25) is 15.1 Å². The number of H-pyrrole nitrogens is 1. The second kappa shape index (κ2) is 6.03. The number of rotatable bonds is 3. The van der Waals surface area contributed by atoms with Gasteiger partial charge in [0.1, 0.15) is 0 Å². The molecule has 7 heteroatoms. The Balaban J connectivity index is 1.58. The monoisotopic (exact) mass is 351 g/mol. The molecule has 0 unspecified atom stereocenters. The molecule has 2 aromatic carbocycles. The first-order valence-corrected chi connectivity index (χ1v) is 8.43. The Hall–Kier alpha value is -3.19. The lowest BCUT2D eigenvalue weighted by molar-refractivity contribution is 0.102. The lowest BCUT2D eigenvalue weighted by Gasteiger charge is -2.02. The van der Waals surface area contributed by atoms with Gasteiger partial charge >= 0.3 is 5.76 Å². The molecule has 0 atom stereocenters. The normalized spacial score (nSPS) is 10.9. The van der Waals surface area contributed by atoms with Crippen LogP contribution in [0.3, 0.4) is 0 Å². The van der Waals surface area contributed by atoms with Crippen molar-refractivity contribution in [1.29, 1.82) is 0 Å². The topological polar surface area (TPSA) is 88.0 Å². The van der Waals surface area contributed by atoms with E-state index in [1.807, 2.05) is 36.6 Å². The fraction of sp³-hybridized carbons (Fsp3) is 0.0556. The van der Waals surface area contributed by atoms with Gasteiger partial charge in [0.2, 0.25) is 0 Å². The Bertz CT molecular complexity index is 1140. The summed E-state index contributed by atoms with van der Waals surface area (Å²) in [5.74, 6) is -0.684. The third-order valence-corrected chi connectivity index (χ3v) is 4.48. The van der Waals surface area contributed by atoms with E-state index in [1.54, 1.807) is 18.2 Å². The number of carbonyl (C=O) groups is 1. The van der Waals surface area contributed by atoms with E-state index < -0.39 is 5.76 Å². The highest BCUT2D eigenvalue weighted by Gasteiger charge is 2.11. The highest BCUT2D eigenvalue weighted by atomic mass is 32.1. The minimum Gasteiger partial charge on any atom is -0.408 e. The summed E-state index contributed by atoms with van der Waals surface area (Å²) in [7, 11) is 0. The molecule has 0 aliphatic rings. The SMILES string of the molecule is Cc1cccc(C(=O)Nc2nc(-c3ccc4oc(=O)[nH]c4c3)cs2)c1. The quantitative estimate of drug-likeness (QED) is 0.587. The second-order valence-electron chi connectivity index (χ2n) is 5.59. The van der Waals surface area contributed by atoms with E-state index in [9.17, 15) is 9.59 Å². The molecule has 0 radical (unpaired) electrons. The van der Waals surface area contributed by atoms with Crippen molar-refractivity contribution < 1.29 is 9.21 Å². The standard InChI is InChI=1S/C18H13N3O3S/c1-10-3-2-4-12(7-10)16(22)21-17-19-14(9-25-17)11-5-6-15-13(8-11)20-18(23)24-15/h2-9H,1H3,(H,20,23)(H,19,21,22). The van der Waals surface area contributed by atoms with Crippen LogP contribution in [0.2, 0.25) is 0 Å². The average molecular weight is 351 g/mol. The number of oxazole rings is 1. The van der Waals surface area contributed by atoms with Crippen LogP contribution in [-0.4, -0.2) is 15.9 Å². The fourth-order valence-electron chi connectivity index (χ4n) is 2.53. The third kappa shape index (κ3) is 3.09. The zero-order valence-electron chi connectivity index (χ0n) is 13.2. The smallest absolute Gasteiger partial charge is 0.408 e. The van der Waals surface area contributed by atoms with Gasteiger partial charge in [0.05, 0.1) is 11.2 Å². The van der Waals surface area contributed by atoms with Crippen LogP contribution in [0.15, 0.2) is 57.1 Å². The summed E-state index contributed by atoms with van der Waals surface area (Å²) < 4.78 is 4.99. The summed E-state index contributed by atoms with van der Waals surface area (Å²) in [5, 5.41) is 5.18. The molecule has 0 saturated carbocycles. The minimum atomic E-state index is -0.489. The van der Waals surface area contributed by atoms with Crippen LogP contribution in [-0.2, 0) is 0 Å². The molecule has 0 fully saturated rings. The molecule has 0 bridgehead atoms. The molecule has 0 saturated heterocycles. The summed E-state index contributed by atoms with van der Waals surface area (Å²) >= 11 is 1.34. The Morgan fingerprint density at radius 2 is 2.12 bits per heavy atom. The molecule has 2 aromatic heterocycles. The van der Waals surface area contributed by atoms with Gasteiger partial charge < -0.3 is 4.42 Å². The third-order valence-electron chi connectivity index (χ3n) is 3.72. The number of nitrogens with one attached hydrogen (secondary N) is 2. The predicted molar refractivity (Wildman–Crippen MR) is 97.1 cm³/mol. The van der Waals surface area contributed by atoms with E-state index >= 15 is 0 Å². The maximum Gasteiger partial charge on any atom is 0.417 e. The number of amides is 1. The zero-order chi connectivity index (χ0) is 17.4. The van der Waals surface area contributed by atoms with Crippen molar-refractivity contribution >= 4 is 33.5 Å². The van der Waals surface area contributed by atoms with Gasteiger partial charge in [0.25, 0.3) is 5.91 Å². The number of hydrogen-bond donors (Lipinski definition) is 2. The van der Waals surface area contributed by atoms with Gasteiger partial charge in [-0.05, 0) is 37.3 Å². The summed E-state index contributed by atoms with van der Waals surface area (Å²) in [4.78, 5) is 30.6. The minimum absolute atomic E-state index is 0.195. The van der Waals surface area contributed by atoms with Gasteiger partial charge in [-0.15, -0.1) is 11.3 Å². The van der Waals surface area contributed by atoms with E-state index in [-0.39, 0.29) is 5.91 Å². The van der Waals surface area contributed by atoms with Crippen molar-refractivity contribution in [2.24, 2.45) is 0 Å². The van der Waals surface area contributed by atoms with Crippen molar-refractivity contribution in [3.63, 3.8) is 0 Å². The maximum atomic E-state index is 12.3. The van der Waals surface area contributed by atoms with E-state index in [0.29, 0.717) is 27.5 Å². The maximum absolute atomic E-state index is 12.3. The lowest BCUT2D eigenvalue weighted by Crippen LogP contribution is -2.11. The van der Waals surface area contributed by atoms with Gasteiger partial charge in [-0.25, -0.2) is 9.78 Å². The van der Waals surface area contributed by atoms with Gasteiger partial charge in [0.15, 0.2) is 10.7 Å². The summed E-state index contributed by atoms with van der Waals surface area (Å²) in [6, 6.07) is 12.7. The molecular formula is C18H13N3O3S. The van der Waals surface area contributed by atoms with Crippen molar-refractivity contribution in [1.82, 2.24) is 9.97 Å². The van der Waals surface area contributed by atoms with Crippen LogP contribution < -0.4 is 11.1 Å². The lowest BCUT2D eigenvalue weighted by atomic mass is 10.1. The molecule has 1 amide bonds. The molecule has 2 N–H and O–H groups in total. The number of thiazole rings is 1. The highest BCUT2D eigenvalue weighted by Crippen LogP contribution is 2.27. The molecule has 0 spiro atoms. The van der Waals surface area contributed by atoms with E-state index in [4.69, 9.17) is 4.42 Å². The number of aryl methyl sites for hydroxylation is 1. The number of aromatic amines is 1. The molecular weight excluding hydrogens is 338 g/mol. The van der Waals surface area contributed by atoms with Crippen molar-refractivity contribution in [3.8, 4) is 11.3 Å². The number of fused-ring (bicyclic) bond motifs is 1. The van der Waals surface area contributed by atoms with E-state index in [1.165, 1.54) is 11.3 Å². The van der Waals surface area contributed by atoms with Gasteiger partial charge in [-0.2, -0.15) is 0 Å². The van der Waals surface area contributed by atoms with Crippen molar-refractivity contribution in [2.75, 3.05) is 5.32 Å². The van der Waals surface area contributed by atoms with Crippen LogP contribution in [0, 0.1) is 6.92 Å². The van der Waals surface area contributed by atoms with Gasteiger partial charge in [-0.1, -0.05) is 17.7 Å². The zero-order valence-corrected chi connectivity index (χ0v) is 14.0. The number of aromatic nitrogens is 2. The fourth-order valence-corrected chi connectivity index (χ4v) is 3.25. The average Bonchev–Trinajstić information content (AvgIpc) is 3.19. The molecule has 6 nitrogen and oxygen atoms in total. The first-order valence-electron chi connectivity index (χ1n) is 7.55. The van der Waals surface area contributed by atoms with Crippen LogP contribution in [0.5, 0.6) is 0 Å². The Labute approximate surface area is 146 Å². The molecule has 25 heavy (non-hydrogen) atoms. The largest absolute Gasteiger partial charge is 0.417 e.